The third-order valence-corrected chi connectivity index (χ3v) is 3.87. The molecular formula is C12H21N5. The Balaban J connectivity index is 2.00. The molecule has 0 N–H and O–H groups in total. The van der Waals surface area contributed by atoms with Gasteiger partial charge in [-0.1, -0.05) is 43.6 Å². The molecule has 0 bridgehead atoms. The third-order valence-electron chi connectivity index (χ3n) is 3.87. The lowest BCUT2D eigenvalue weighted by molar-refractivity contribution is 0.284. The van der Waals surface area contributed by atoms with Crippen LogP contribution in [0.3, 0.4) is 0 Å². The van der Waals surface area contributed by atoms with Crippen LogP contribution in [0, 0.1) is 0 Å². The zero-order chi connectivity index (χ0) is 12.0. The van der Waals surface area contributed by atoms with Gasteiger partial charge in [0.25, 0.3) is 0 Å². The molecule has 0 aromatic rings. The summed E-state index contributed by atoms with van der Waals surface area (Å²) in [5, 5.41) is 12.8. The molecule has 2 rings (SSSR count). The first-order valence-electron chi connectivity index (χ1n) is 6.83. The van der Waals surface area contributed by atoms with Gasteiger partial charge in [-0.2, -0.15) is 10.2 Å². The fraction of sp³-hybridized carbons (Fsp3) is 1.00. The molecule has 5 heteroatoms. The van der Waals surface area contributed by atoms with Gasteiger partial charge in [-0.3, -0.25) is 0 Å². The van der Waals surface area contributed by atoms with Crippen LogP contribution in [0.1, 0.15) is 64.2 Å². The summed E-state index contributed by atoms with van der Waals surface area (Å²) in [4.78, 5) is 2.97. The number of azide groups is 1. The molecule has 2 aliphatic carbocycles. The summed E-state index contributed by atoms with van der Waals surface area (Å²) in [6.45, 7) is 0. The summed E-state index contributed by atoms with van der Waals surface area (Å²) in [6, 6.07) is 0.372. The Hall–Kier alpha value is -1.09. The van der Waals surface area contributed by atoms with Crippen molar-refractivity contribution in [3.63, 3.8) is 0 Å². The highest BCUT2D eigenvalue weighted by atomic mass is 15.3. The molecule has 0 aromatic heterocycles. The summed E-state index contributed by atoms with van der Waals surface area (Å²) in [6.07, 6.45) is 11.3. The van der Waals surface area contributed by atoms with Gasteiger partial charge in [0, 0.05) is 4.91 Å². The average Bonchev–Trinajstić information content (AvgIpc) is 2.39. The van der Waals surface area contributed by atoms with Crippen molar-refractivity contribution in [2.45, 2.75) is 75.9 Å². The molecule has 17 heavy (non-hydrogen) atoms. The van der Waals surface area contributed by atoms with Crippen molar-refractivity contribution in [1.82, 2.24) is 0 Å². The molecule has 2 aliphatic rings. The maximum Gasteiger partial charge on any atom is 0.160 e. The van der Waals surface area contributed by atoms with E-state index in [0.29, 0.717) is 6.04 Å². The molecule has 2 fully saturated rings. The van der Waals surface area contributed by atoms with Crippen molar-refractivity contribution in [2.75, 3.05) is 0 Å². The molecule has 0 radical (unpaired) electrons. The second-order valence-corrected chi connectivity index (χ2v) is 5.24. The van der Waals surface area contributed by atoms with Crippen molar-refractivity contribution >= 4 is 0 Å². The van der Waals surface area contributed by atoms with Gasteiger partial charge in [-0.25, -0.2) is 0 Å². The van der Waals surface area contributed by atoms with Gasteiger partial charge in [-0.15, -0.1) is 0 Å². The third kappa shape index (κ3) is 3.43. The van der Waals surface area contributed by atoms with Crippen LogP contribution in [-0.4, -0.2) is 11.7 Å². The van der Waals surface area contributed by atoms with Crippen LogP contribution in [0.2, 0.25) is 0 Å². The summed E-state index contributed by atoms with van der Waals surface area (Å²) in [7, 11) is 0. The standard InChI is InChI=1S/C12H21N5/c13-17-16-12(9-5-2-6-10-12)15-14-11-7-3-1-4-8-11/h11H,1-10H2. The Labute approximate surface area is 102 Å². The van der Waals surface area contributed by atoms with E-state index in [2.05, 4.69) is 20.3 Å². The van der Waals surface area contributed by atoms with Gasteiger partial charge in [0.2, 0.25) is 0 Å². The minimum absolute atomic E-state index is 0.372. The number of hydrogen-bond donors (Lipinski definition) is 0. The Kier molecular flexibility index (Phi) is 4.37. The van der Waals surface area contributed by atoms with Crippen molar-refractivity contribution in [3.05, 3.63) is 10.4 Å². The van der Waals surface area contributed by atoms with Crippen LogP contribution in [0.25, 0.3) is 10.4 Å². The molecule has 0 aromatic carbocycles. The van der Waals surface area contributed by atoms with Crippen LogP contribution in [0.4, 0.5) is 0 Å². The molecule has 0 saturated heterocycles. The van der Waals surface area contributed by atoms with E-state index in [0.717, 1.165) is 38.5 Å². The van der Waals surface area contributed by atoms with Crippen molar-refractivity contribution in [2.24, 2.45) is 15.3 Å². The van der Waals surface area contributed by atoms with Crippen molar-refractivity contribution in [3.8, 4) is 0 Å². The van der Waals surface area contributed by atoms with E-state index in [1.807, 2.05) is 0 Å². The molecule has 0 spiro atoms. The summed E-state index contributed by atoms with van der Waals surface area (Å²) in [5.41, 5.74) is 8.13. The molecule has 0 heterocycles. The largest absolute Gasteiger partial charge is 0.190 e. The molecule has 2 saturated carbocycles. The molecule has 94 valence electrons. The van der Waals surface area contributed by atoms with Gasteiger partial charge in [-0.05, 0) is 31.2 Å². The highest BCUT2D eigenvalue weighted by molar-refractivity contribution is 4.88. The predicted octanol–water partition coefficient (Wildman–Crippen LogP) is 4.74. The minimum atomic E-state index is -0.551. The minimum Gasteiger partial charge on any atom is -0.190 e. The molecule has 5 nitrogen and oxygen atoms in total. The fourth-order valence-electron chi connectivity index (χ4n) is 2.81. The Morgan fingerprint density at radius 1 is 0.941 bits per heavy atom. The summed E-state index contributed by atoms with van der Waals surface area (Å²) < 4.78 is 0. The maximum absolute atomic E-state index is 8.68. The quantitative estimate of drug-likeness (QED) is 0.385. The fourth-order valence-corrected chi connectivity index (χ4v) is 2.81. The Morgan fingerprint density at radius 2 is 1.59 bits per heavy atom. The van der Waals surface area contributed by atoms with Crippen LogP contribution >= 0.6 is 0 Å². The lowest BCUT2D eigenvalue weighted by atomic mass is 9.90. The van der Waals surface area contributed by atoms with Gasteiger partial charge < -0.3 is 0 Å². The smallest absolute Gasteiger partial charge is 0.160 e. The second kappa shape index (κ2) is 6.01. The van der Waals surface area contributed by atoms with E-state index in [4.69, 9.17) is 5.53 Å². The molecule has 0 aliphatic heterocycles. The molecule has 0 atom stereocenters. The van der Waals surface area contributed by atoms with E-state index in [1.54, 1.807) is 0 Å². The zero-order valence-corrected chi connectivity index (χ0v) is 10.4. The first-order chi connectivity index (χ1) is 8.35. The molecule has 0 unspecified atom stereocenters. The normalized spacial score (nSPS) is 25.6. The molecule has 0 amide bonds. The maximum atomic E-state index is 8.68. The molecular weight excluding hydrogens is 214 g/mol. The van der Waals surface area contributed by atoms with Crippen LogP contribution in [0.5, 0.6) is 0 Å². The first-order valence-corrected chi connectivity index (χ1v) is 6.83. The van der Waals surface area contributed by atoms with Crippen molar-refractivity contribution in [1.29, 1.82) is 0 Å². The number of hydrogen-bond acceptors (Lipinski definition) is 3. The monoisotopic (exact) mass is 235 g/mol. The predicted molar refractivity (Wildman–Crippen MR) is 66.7 cm³/mol. The van der Waals surface area contributed by atoms with Gasteiger partial charge >= 0.3 is 0 Å². The van der Waals surface area contributed by atoms with Crippen molar-refractivity contribution < 1.29 is 0 Å². The van der Waals surface area contributed by atoms with E-state index in [1.165, 1.54) is 25.7 Å². The van der Waals surface area contributed by atoms with Crippen LogP contribution in [-0.2, 0) is 0 Å². The van der Waals surface area contributed by atoms with E-state index < -0.39 is 5.66 Å². The van der Waals surface area contributed by atoms with Crippen LogP contribution in [0.15, 0.2) is 15.3 Å². The summed E-state index contributed by atoms with van der Waals surface area (Å²) >= 11 is 0. The van der Waals surface area contributed by atoms with E-state index in [-0.39, 0.29) is 0 Å². The van der Waals surface area contributed by atoms with E-state index >= 15 is 0 Å². The number of azo groups is 1. The second-order valence-electron chi connectivity index (χ2n) is 5.24. The first kappa shape index (κ1) is 12.4. The van der Waals surface area contributed by atoms with Gasteiger partial charge in [0.05, 0.1) is 6.04 Å². The van der Waals surface area contributed by atoms with Crippen LogP contribution < -0.4 is 0 Å². The zero-order valence-electron chi connectivity index (χ0n) is 10.4. The highest BCUT2D eigenvalue weighted by Gasteiger charge is 2.31. The van der Waals surface area contributed by atoms with E-state index in [9.17, 15) is 0 Å². The average molecular weight is 235 g/mol. The van der Waals surface area contributed by atoms with Gasteiger partial charge in [0.15, 0.2) is 5.66 Å². The lowest BCUT2D eigenvalue weighted by Crippen LogP contribution is -2.26. The number of rotatable bonds is 3. The SMILES string of the molecule is [N-]=[N+]=NC1(N=NC2CCCCC2)CCCCC1. The van der Waals surface area contributed by atoms with Gasteiger partial charge in [0.1, 0.15) is 0 Å². The topological polar surface area (TPSA) is 73.5 Å². The Morgan fingerprint density at radius 3 is 2.24 bits per heavy atom. The summed E-state index contributed by atoms with van der Waals surface area (Å²) in [5.74, 6) is 0. The number of nitrogens with zero attached hydrogens (tertiary/aromatic N) is 5. The Bertz CT molecular complexity index is 307. The highest BCUT2D eigenvalue weighted by Crippen LogP contribution is 2.34. The lowest BCUT2D eigenvalue weighted by Gasteiger charge is -2.28.